The summed E-state index contributed by atoms with van der Waals surface area (Å²) in [6.45, 7) is 1.53. The zero-order chi connectivity index (χ0) is 30.4. The monoisotopic (exact) mass is 594 g/mol. The highest BCUT2D eigenvalue weighted by Crippen LogP contribution is 2.56. The molecule has 0 heterocycles. The second kappa shape index (κ2) is 10.8. The SMILES string of the molecule is COc1ccc(C2(c3ccc(OC(=O)c4ccc5cc(C(C)=O)ccc5c4)c(Cl)c3)c3ccccc3-c3ccccc32)cc1. The Morgan fingerprint density at radius 2 is 1.20 bits per heavy atom. The van der Waals surface area contributed by atoms with Crippen molar-refractivity contribution in [2.45, 2.75) is 12.3 Å². The Balaban J connectivity index is 1.30. The zero-order valence-corrected chi connectivity index (χ0v) is 24.9. The van der Waals surface area contributed by atoms with Crippen molar-refractivity contribution in [2.24, 2.45) is 0 Å². The van der Waals surface area contributed by atoms with Crippen LogP contribution in [-0.2, 0) is 5.41 Å². The number of fused-ring (bicyclic) bond motifs is 4. The molecule has 0 aliphatic heterocycles. The van der Waals surface area contributed by atoms with E-state index in [1.807, 2.05) is 42.5 Å². The average molecular weight is 595 g/mol. The molecule has 0 bridgehead atoms. The van der Waals surface area contributed by atoms with Crippen molar-refractivity contribution in [1.29, 1.82) is 0 Å². The van der Waals surface area contributed by atoms with Gasteiger partial charge in [-0.25, -0.2) is 4.79 Å². The minimum Gasteiger partial charge on any atom is -0.497 e. The predicted molar refractivity (Wildman–Crippen MR) is 174 cm³/mol. The number of ether oxygens (including phenoxy) is 2. The van der Waals surface area contributed by atoms with Gasteiger partial charge < -0.3 is 9.47 Å². The van der Waals surface area contributed by atoms with Crippen LogP contribution in [0.3, 0.4) is 0 Å². The van der Waals surface area contributed by atoms with Crippen LogP contribution in [0.25, 0.3) is 21.9 Å². The molecular weight excluding hydrogens is 568 g/mol. The van der Waals surface area contributed by atoms with E-state index in [1.165, 1.54) is 6.92 Å². The van der Waals surface area contributed by atoms with Gasteiger partial charge in [0.1, 0.15) is 11.5 Å². The van der Waals surface area contributed by atoms with Gasteiger partial charge in [-0.15, -0.1) is 0 Å². The van der Waals surface area contributed by atoms with Crippen LogP contribution >= 0.6 is 11.6 Å². The summed E-state index contributed by atoms with van der Waals surface area (Å²) in [5.41, 5.74) is 7.02. The Kier molecular flexibility index (Phi) is 6.80. The van der Waals surface area contributed by atoms with Crippen molar-refractivity contribution in [2.75, 3.05) is 7.11 Å². The van der Waals surface area contributed by atoms with Crippen molar-refractivity contribution in [1.82, 2.24) is 0 Å². The summed E-state index contributed by atoms with van der Waals surface area (Å²) in [6, 6.07) is 41.4. The lowest BCUT2D eigenvalue weighted by molar-refractivity contribution is 0.0734. The average Bonchev–Trinajstić information content (AvgIpc) is 3.36. The molecule has 5 heteroatoms. The predicted octanol–water partition coefficient (Wildman–Crippen LogP) is 9.29. The van der Waals surface area contributed by atoms with E-state index in [0.717, 1.165) is 49.9 Å². The van der Waals surface area contributed by atoms with Crippen LogP contribution in [0.2, 0.25) is 5.02 Å². The molecule has 0 fully saturated rings. The molecule has 0 radical (unpaired) electrons. The standard InChI is InChI=1S/C39H27ClO4/c1-24(41)25-11-12-27-22-28(14-13-26(27)21-25)38(42)44-37-20-17-30(23-36(37)40)39(29-15-18-31(43-2)19-16-29)34-9-5-3-7-32(34)33-8-4-6-10-35(33)39/h3-23H,1-2H3. The topological polar surface area (TPSA) is 52.6 Å². The summed E-state index contributed by atoms with van der Waals surface area (Å²) in [6.07, 6.45) is 0. The van der Waals surface area contributed by atoms with Crippen molar-refractivity contribution < 1.29 is 19.1 Å². The van der Waals surface area contributed by atoms with E-state index < -0.39 is 11.4 Å². The molecule has 0 unspecified atom stereocenters. The third kappa shape index (κ3) is 4.38. The summed E-state index contributed by atoms with van der Waals surface area (Å²) in [7, 11) is 1.66. The van der Waals surface area contributed by atoms with Gasteiger partial charge in [0.05, 0.1) is 23.1 Å². The molecule has 6 aromatic carbocycles. The number of ketones is 1. The van der Waals surface area contributed by atoms with Crippen LogP contribution in [0.4, 0.5) is 0 Å². The second-order valence-electron chi connectivity index (χ2n) is 10.9. The number of Topliss-reactive ketones (excluding diaryl/α,β-unsaturated/α-hetero) is 1. The van der Waals surface area contributed by atoms with E-state index in [0.29, 0.717) is 16.1 Å². The Morgan fingerprint density at radius 1 is 0.636 bits per heavy atom. The Labute approximate surface area is 260 Å². The molecular formula is C39H27ClO4. The first-order valence-corrected chi connectivity index (χ1v) is 14.7. The van der Waals surface area contributed by atoms with Crippen LogP contribution in [0.5, 0.6) is 11.5 Å². The Hall–Kier alpha value is -5.19. The van der Waals surface area contributed by atoms with Gasteiger partial charge in [-0.1, -0.05) is 96.5 Å². The molecule has 4 nitrogen and oxygen atoms in total. The Bertz CT molecular complexity index is 2050. The molecule has 0 N–H and O–H groups in total. The number of hydrogen-bond acceptors (Lipinski definition) is 4. The zero-order valence-electron chi connectivity index (χ0n) is 24.1. The normalized spacial score (nSPS) is 12.8. The van der Waals surface area contributed by atoms with Gasteiger partial charge in [0.15, 0.2) is 5.78 Å². The molecule has 0 spiro atoms. The van der Waals surface area contributed by atoms with Crippen LogP contribution in [0.1, 0.15) is 49.9 Å². The summed E-state index contributed by atoms with van der Waals surface area (Å²) >= 11 is 6.90. The van der Waals surface area contributed by atoms with Crippen molar-refractivity contribution in [3.05, 3.63) is 166 Å². The van der Waals surface area contributed by atoms with Gasteiger partial charge in [0.2, 0.25) is 0 Å². The van der Waals surface area contributed by atoms with Gasteiger partial charge in [0.25, 0.3) is 0 Å². The lowest BCUT2D eigenvalue weighted by Gasteiger charge is -2.34. The highest BCUT2D eigenvalue weighted by Gasteiger charge is 2.46. The fraction of sp³-hybridized carbons (Fsp3) is 0.0769. The van der Waals surface area contributed by atoms with E-state index in [1.54, 1.807) is 31.4 Å². The molecule has 0 saturated heterocycles. The molecule has 7 rings (SSSR count). The molecule has 0 saturated carbocycles. The Morgan fingerprint density at radius 3 is 1.80 bits per heavy atom. The first kappa shape index (κ1) is 27.6. The number of halogens is 1. The first-order valence-electron chi connectivity index (χ1n) is 14.3. The lowest BCUT2D eigenvalue weighted by atomic mass is 9.67. The maximum absolute atomic E-state index is 13.3. The number of methoxy groups -OCH3 is 1. The minimum absolute atomic E-state index is 0.00757. The fourth-order valence-electron chi connectivity index (χ4n) is 6.43. The smallest absolute Gasteiger partial charge is 0.343 e. The number of hydrogen-bond donors (Lipinski definition) is 0. The third-order valence-electron chi connectivity index (χ3n) is 8.53. The van der Waals surface area contributed by atoms with E-state index in [4.69, 9.17) is 21.1 Å². The van der Waals surface area contributed by atoms with Crippen LogP contribution in [0.15, 0.2) is 127 Å². The van der Waals surface area contributed by atoms with E-state index in [9.17, 15) is 9.59 Å². The summed E-state index contributed by atoms with van der Waals surface area (Å²) < 4.78 is 11.3. The second-order valence-corrected chi connectivity index (χ2v) is 11.3. The number of rotatable bonds is 6. The summed E-state index contributed by atoms with van der Waals surface area (Å²) in [5.74, 6) is 0.527. The maximum Gasteiger partial charge on any atom is 0.343 e. The number of benzene rings is 6. The quantitative estimate of drug-likeness (QED) is 0.109. The highest BCUT2D eigenvalue weighted by molar-refractivity contribution is 6.32. The summed E-state index contributed by atoms with van der Waals surface area (Å²) in [5, 5.41) is 2.04. The molecule has 1 aliphatic carbocycles. The van der Waals surface area contributed by atoms with Crippen LogP contribution in [0, 0.1) is 0 Å². The molecule has 44 heavy (non-hydrogen) atoms. The molecule has 0 amide bonds. The largest absolute Gasteiger partial charge is 0.497 e. The molecule has 6 aromatic rings. The minimum atomic E-state index is -0.650. The fourth-order valence-corrected chi connectivity index (χ4v) is 6.65. The molecule has 0 atom stereocenters. The summed E-state index contributed by atoms with van der Waals surface area (Å²) in [4.78, 5) is 25.0. The molecule has 0 aromatic heterocycles. The van der Waals surface area contributed by atoms with E-state index in [2.05, 4.69) is 60.7 Å². The third-order valence-corrected chi connectivity index (χ3v) is 8.82. The van der Waals surface area contributed by atoms with Crippen LogP contribution in [-0.4, -0.2) is 18.9 Å². The van der Waals surface area contributed by atoms with Crippen LogP contribution < -0.4 is 9.47 Å². The van der Waals surface area contributed by atoms with Gasteiger partial charge in [-0.2, -0.15) is 0 Å². The van der Waals surface area contributed by atoms with E-state index in [-0.39, 0.29) is 11.5 Å². The van der Waals surface area contributed by atoms with Crippen molar-refractivity contribution in [3.63, 3.8) is 0 Å². The van der Waals surface area contributed by atoms with Gasteiger partial charge in [-0.05, 0) is 93.5 Å². The number of esters is 1. The van der Waals surface area contributed by atoms with E-state index >= 15 is 0 Å². The maximum atomic E-state index is 13.3. The molecule has 1 aliphatic rings. The highest BCUT2D eigenvalue weighted by atomic mass is 35.5. The first-order chi connectivity index (χ1) is 21.4. The number of carbonyl (C=O) groups excluding carboxylic acids is 2. The van der Waals surface area contributed by atoms with Gasteiger partial charge in [0, 0.05) is 5.56 Å². The van der Waals surface area contributed by atoms with Crippen molar-refractivity contribution in [3.8, 4) is 22.6 Å². The van der Waals surface area contributed by atoms with Gasteiger partial charge >= 0.3 is 5.97 Å². The molecule has 214 valence electrons. The van der Waals surface area contributed by atoms with Gasteiger partial charge in [-0.3, -0.25) is 4.79 Å². The van der Waals surface area contributed by atoms with Crippen molar-refractivity contribution >= 4 is 34.1 Å². The lowest BCUT2D eigenvalue weighted by Crippen LogP contribution is -2.28. The number of carbonyl (C=O) groups is 2.